The van der Waals surface area contributed by atoms with E-state index in [2.05, 4.69) is 28.2 Å². The van der Waals surface area contributed by atoms with E-state index in [0.29, 0.717) is 10.9 Å². The molecule has 0 saturated carbocycles. The molecular weight excluding hydrogens is 420 g/mol. The van der Waals surface area contributed by atoms with Crippen molar-refractivity contribution in [3.8, 4) is 0 Å². The number of hydrogen-bond donors (Lipinski definition) is 1. The molecule has 0 radical (unpaired) electrons. The zero-order valence-corrected chi connectivity index (χ0v) is 16.6. The molecule has 8 heteroatoms. The number of nitrogens with one attached hydrogen (secondary N) is 1. The van der Waals surface area contributed by atoms with Gasteiger partial charge < -0.3 is 0 Å². The molecule has 128 valence electrons. The van der Waals surface area contributed by atoms with E-state index in [9.17, 15) is 4.79 Å². The molecule has 0 saturated heterocycles. The van der Waals surface area contributed by atoms with Gasteiger partial charge in [0.25, 0.3) is 5.91 Å². The number of benzene rings is 1. The highest BCUT2D eigenvalue weighted by Gasteiger charge is 2.34. The zero-order chi connectivity index (χ0) is 17.4. The Morgan fingerprint density at radius 1 is 1.40 bits per heavy atom. The molecule has 1 amide bonds. The summed E-state index contributed by atoms with van der Waals surface area (Å²) in [5, 5.41) is 13.6. The van der Waals surface area contributed by atoms with Crippen LogP contribution >= 0.6 is 39.0 Å². The third-order valence-electron chi connectivity index (χ3n) is 3.81. The molecule has 0 fully saturated rings. The van der Waals surface area contributed by atoms with Crippen LogP contribution in [0, 0.1) is 0 Å². The van der Waals surface area contributed by atoms with Gasteiger partial charge in [0, 0.05) is 15.4 Å². The molecule has 0 aliphatic carbocycles. The van der Waals surface area contributed by atoms with Gasteiger partial charge in [-0.1, -0.05) is 40.7 Å². The number of carbonyl (C=O) groups is 1. The number of hydrazone groups is 1. The lowest BCUT2D eigenvalue weighted by Gasteiger charge is -2.33. The third kappa shape index (κ3) is 3.14. The fraction of sp³-hybridized carbons (Fsp3) is 0.235. The van der Waals surface area contributed by atoms with Crippen molar-refractivity contribution < 1.29 is 4.79 Å². The van der Waals surface area contributed by atoms with Crippen LogP contribution in [0.15, 0.2) is 50.3 Å². The van der Waals surface area contributed by atoms with Crippen molar-refractivity contribution in [3.05, 3.63) is 55.6 Å². The fourth-order valence-corrected chi connectivity index (χ4v) is 4.55. The maximum Gasteiger partial charge on any atom is 0.276 e. The first-order valence-electron chi connectivity index (χ1n) is 7.90. The van der Waals surface area contributed by atoms with Crippen LogP contribution in [0.25, 0.3) is 5.70 Å². The van der Waals surface area contributed by atoms with Crippen molar-refractivity contribution in [1.29, 1.82) is 0 Å². The molecule has 25 heavy (non-hydrogen) atoms. The molecule has 1 aromatic carbocycles. The molecule has 5 nitrogen and oxygen atoms in total. The summed E-state index contributed by atoms with van der Waals surface area (Å²) in [6.45, 7) is 2.11. The summed E-state index contributed by atoms with van der Waals surface area (Å²) in [6, 6.07) is 9.82. The number of halogens is 1. The predicted molar refractivity (Wildman–Crippen MR) is 106 cm³/mol. The number of hydrogen-bond acceptors (Lipinski definition) is 6. The summed E-state index contributed by atoms with van der Waals surface area (Å²) in [5.74, 6) is 0.773. The first-order valence-corrected chi connectivity index (χ1v) is 10.6. The van der Waals surface area contributed by atoms with Crippen molar-refractivity contribution in [2.45, 2.75) is 19.5 Å². The van der Waals surface area contributed by atoms with Crippen molar-refractivity contribution in [2.24, 2.45) is 10.1 Å². The van der Waals surface area contributed by atoms with Crippen molar-refractivity contribution >= 4 is 55.8 Å². The summed E-state index contributed by atoms with van der Waals surface area (Å²) < 4.78 is 0.909. The fourth-order valence-electron chi connectivity index (χ4n) is 2.74. The van der Waals surface area contributed by atoms with Crippen LogP contribution in [0.3, 0.4) is 0 Å². The highest BCUT2D eigenvalue weighted by atomic mass is 79.9. The Labute approximate surface area is 161 Å². The van der Waals surface area contributed by atoms with Crippen LogP contribution in [-0.4, -0.2) is 21.8 Å². The monoisotopic (exact) mass is 434 g/mol. The van der Waals surface area contributed by atoms with Gasteiger partial charge in [-0.05, 0) is 36.1 Å². The molecular formula is C17H15BrN4OS2. The van der Waals surface area contributed by atoms with Gasteiger partial charge in [-0.2, -0.15) is 0 Å². The van der Waals surface area contributed by atoms with Gasteiger partial charge >= 0.3 is 0 Å². The molecule has 2 aliphatic heterocycles. The minimum absolute atomic E-state index is 0.135. The molecule has 1 atom stereocenters. The first-order chi connectivity index (χ1) is 12.2. The Morgan fingerprint density at radius 2 is 2.28 bits per heavy atom. The first kappa shape index (κ1) is 16.8. The highest BCUT2D eigenvalue weighted by Crippen LogP contribution is 2.33. The van der Waals surface area contributed by atoms with Crippen LogP contribution < -0.4 is 15.9 Å². The lowest BCUT2D eigenvalue weighted by Crippen LogP contribution is -2.50. The number of thioether (sulfide) groups is 1. The normalized spacial score (nSPS) is 18.9. The van der Waals surface area contributed by atoms with Crippen LogP contribution in [0.4, 0.5) is 0 Å². The minimum atomic E-state index is -0.313. The van der Waals surface area contributed by atoms with Gasteiger partial charge in [0.1, 0.15) is 5.70 Å². The number of fused-ring (bicyclic) bond motifs is 2. The number of amides is 1. The Morgan fingerprint density at radius 3 is 3.04 bits per heavy atom. The van der Waals surface area contributed by atoms with Crippen LogP contribution in [0.5, 0.6) is 0 Å². The van der Waals surface area contributed by atoms with Crippen molar-refractivity contribution in [1.82, 2.24) is 10.3 Å². The quantitative estimate of drug-likeness (QED) is 0.807. The highest BCUT2D eigenvalue weighted by molar-refractivity contribution is 9.10. The molecule has 1 aromatic heterocycles. The molecule has 0 bridgehead atoms. The van der Waals surface area contributed by atoms with E-state index in [-0.39, 0.29) is 12.1 Å². The maximum atomic E-state index is 12.9. The Kier molecular flexibility index (Phi) is 4.66. The standard InChI is InChI=1S/C17H15BrN4OS2/c1-2-7-25-17-20-16(23)14-11-9-10(18)5-6-12(11)19-15(22(14)21-17)13-4-3-8-24-13/h3-6,8-9,15H,2,7H2,1H3,(H,20,21,23)/t15-/m1/s1. The molecule has 2 aliphatic rings. The number of nitrogens with zero attached hydrogens (tertiary/aromatic N) is 3. The topological polar surface area (TPSA) is 57.1 Å². The SMILES string of the molecule is CCCSC1=NN2C(=c3cc(Br)ccc3=N[C@H]2c2cccs2)C(=O)N1. The van der Waals surface area contributed by atoms with Crippen LogP contribution in [0.1, 0.15) is 24.4 Å². The average molecular weight is 435 g/mol. The van der Waals surface area contributed by atoms with E-state index < -0.39 is 0 Å². The predicted octanol–water partition coefficient (Wildman–Crippen LogP) is 2.80. The Balaban J connectivity index is 1.92. The van der Waals surface area contributed by atoms with Crippen LogP contribution in [-0.2, 0) is 4.79 Å². The Bertz CT molecular complexity index is 971. The van der Waals surface area contributed by atoms with Gasteiger partial charge in [0.05, 0.1) is 10.2 Å². The van der Waals surface area contributed by atoms with E-state index in [1.165, 1.54) is 0 Å². The second-order valence-electron chi connectivity index (χ2n) is 5.58. The molecule has 1 N–H and O–H groups in total. The summed E-state index contributed by atoms with van der Waals surface area (Å²) >= 11 is 6.66. The van der Waals surface area contributed by atoms with Crippen molar-refractivity contribution in [3.63, 3.8) is 0 Å². The van der Waals surface area contributed by atoms with Gasteiger partial charge in [0.15, 0.2) is 11.3 Å². The average Bonchev–Trinajstić information content (AvgIpc) is 3.13. The van der Waals surface area contributed by atoms with Gasteiger partial charge in [0.2, 0.25) is 0 Å². The molecule has 4 rings (SSSR count). The van der Waals surface area contributed by atoms with Gasteiger partial charge in [-0.3, -0.25) is 15.1 Å². The van der Waals surface area contributed by atoms with E-state index in [1.807, 2.05) is 35.7 Å². The summed E-state index contributed by atoms with van der Waals surface area (Å²) in [7, 11) is 0. The second kappa shape index (κ2) is 6.93. The largest absolute Gasteiger partial charge is 0.298 e. The molecule has 3 heterocycles. The lowest BCUT2D eigenvalue weighted by atomic mass is 10.1. The summed E-state index contributed by atoms with van der Waals surface area (Å²) in [5.41, 5.74) is 0.547. The van der Waals surface area contributed by atoms with E-state index in [4.69, 9.17) is 10.1 Å². The van der Waals surface area contributed by atoms with E-state index in [0.717, 1.165) is 32.1 Å². The number of thiophene rings is 1. The number of rotatable bonds is 3. The number of carbonyl (C=O) groups excluding carboxylic acids is 1. The zero-order valence-electron chi connectivity index (χ0n) is 13.4. The van der Waals surface area contributed by atoms with Gasteiger partial charge in [-0.25, -0.2) is 5.01 Å². The second-order valence-corrected chi connectivity index (χ2v) is 8.56. The molecule has 2 aromatic rings. The molecule has 0 unspecified atom stereocenters. The third-order valence-corrected chi connectivity index (χ3v) is 6.29. The summed E-state index contributed by atoms with van der Waals surface area (Å²) in [6.07, 6.45) is 0.705. The van der Waals surface area contributed by atoms with E-state index in [1.54, 1.807) is 28.1 Å². The minimum Gasteiger partial charge on any atom is -0.298 e. The van der Waals surface area contributed by atoms with E-state index >= 15 is 0 Å². The van der Waals surface area contributed by atoms with Crippen molar-refractivity contribution in [2.75, 3.05) is 5.75 Å². The van der Waals surface area contributed by atoms with Gasteiger partial charge in [-0.15, -0.1) is 16.4 Å². The smallest absolute Gasteiger partial charge is 0.276 e. The Hall–Kier alpha value is -1.64. The lowest BCUT2D eigenvalue weighted by molar-refractivity contribution is -0.116. The molecule has 0 spiro atoms. The number of amidine groups is 1. The van der Waals surface area contributed by atoms with Crippen LogP contribution in [0.2, 0.25) is 0 Å². The maximum absolute atomic E-state index is 12.9. The summed E-state index contributed by atoms with van der Waals surface area (Å²) in [4.78, 5) is 18.8.